The molecule has 15 heavy (non-hydrogen) atoms. The fourth-order valence-corrected chi connectivity index (χ4v) is 1.20. The first-order valence-electron chi connectivity index (χ1n) is 4.86. The van der Waals surface area contributed by atoms with Crippen molar-refractivity contribution in [3.05, 3.63) is 42.0 Å². The highest BCUT2D eigenvalue weighted by molar-refractivity contribution is 5.90. The van der Waals surface area contributed by atoms with E-state index in [1.165, 1.54) is 0 Å². The number of hydrogen-bond acceptors (Lipinski definition) is 1. The van der Waals surface area contributed by atoms with E-state index in [9.17, 15) is 4.79 Å². The monoisotopic (exact) mass is 204 g/mol. The lowest BCUT2D eigenvalue weighted by molar-refractivity contribution is 0.253. The van der Waals surface area contributed by atoms with Gasteiger partial charge in [-0.2, -0.15) is 0 Å². The van der Waals surface area contributed by atoms with E-state index in [1.54, 1.807) is 6.08 Å². The number of anilines is 1. The van der Waals surface area contributed by atoms with E-state index in [0.29, 0.717) is 6.54 Å². The van der Waals surface area contributed by atoms with E-state index in [2.05, 4.69) is 17.2 Å². The van der Waals surface area contributed by atoms with Crippen LogP contribution in [0.2, 0.25) is 0 Å². The van der Waals surface area contributed by atoms with E-state index in [1.807, 2.05) is 32.0 Å². The molecule has 0 radical (unpaired) electrons. The molecule has 0 saturated heterocycles. The van der Waals surface area contributed by atoms with Crippen LogP contribution in [-0.4, -0.2) is 12.6 Å². The molecule has 2 N–H and O–H groups in total. The molecular formula is C12H16N2O. The van der Waals surface area contributed by atoms with Gasteiger partial charge in [0.25, 0.3) is 0 Å². The number of carbonyl (C=O) groups excluding carboxylic acids is 1. The molecule has 0 aliphatic heterocycles. The number of urea groups is 1. The summed E-state index contributed by atoms with van der Waals surface area (Å²) < 4.78 is 0. The Morgan fingerprint density at radius 1 is 1.47 bits per heavy atom. The normalized spacial score (nSPS) is 9.47. The second-order valence-electron chi connectivity index (χ2n) is 3.44. The first kappa shape index (κ1) is 11.3. The Bertz CT molecular complexity index is 372. The Hall–Kier alpha value is -1.77. The van der Waals surface area contributed by atoms with Crippen LogP contribution in [0.25, 0.3) is 0 Å². The topological polar surface area (TPSA) is 41.1 Å². The summed E-state index contributed by atoms with van der Waals surface area (Å²) in [7, 11) is 0. The fraction of sp³-hybridized carbons (Fsp3) is 0.250. The van der Waals surface area contributed by atoms with Gasteiger partial charge in [0.1, 0.15) is 0 Å². The Labute approximate surface area is 90.2 Å². The van der Waals surface area contributed by atoms with Crippen LogP contribution < -0.4 is 10.6 Å². The largest absolute Gasteiger partial charge is 0.334 e. The molecule has 1 aromatic carbocycles. The van der Waals surface area contributed by atoms with E-state index in [0.717, 1.165) is 16.8 Å². The van der Waals surface area contributed by atoms with E-state index in [4.69, 9.17) is 0 Å². The predicted octanol–water partition coefficient (Wildman–Crippen LogP) is 2.61. The van der Waals surface area contributed by atoms with Gasteiger partial charge >= 0.3 is 6.03 Å². The van der Waals surface area contributed by atoms with Gasteiger partial charge in [-0.3, -0.25) is 0 Å². The zero-order valence-corrected chi connectivity index (χ0v) is 9.13. The Morgan fingerprint density at radius 3 is 2.87 bits per heavy atom. The van der Waals surface area contributed by atoms with Crippen LogP contribution in [0, 0.1) is 13.8 Å². The lowest BCUT2D eigenvalue weighted by Crippen LogP contribution is -2.28. The van der Waals surface area contributed by atoms with Crippen molar-refractivity contribution < 1.29 is 4.79 Å². The van der Waals surface area contributed by atoms with Gasteiger partial charge in [0.2, 0.25) is 0 Å². The van der Waals surface area contributed by atoms with Gasteiger partial charge < -0.3 is 10.6 Å². The molecule has 3 heteroatoms. The maximum absolute atomic E-state index is 11.4. The minimum atomic E-state index is -0.205. The SMILES string of the molecule is C=CCNC(=O)Nc1cc(C)ccc1C. The molecule has 0 bridgehead atoms. The molecule has 1 aromatic rings. The Balaban J connectivity index is 2.67. The molecule has 0 unspecified atom stereocenters. The lowest BCUT2D eigenvalue weighted by atomic mass is 10.1. The highest BCUT2D eigenvalue weighted by Crippen LogP contribution is 2.15. The molecule has 0 heterocycles. The minimum Gasteiger partial charge on any atom is -0.334 e. The van der Waals surface area contributed by atoms with Crippen LogP contribution in [-0.2, 0) is 0 Å². The molecule has 0 aliphatic rings. The van der Waals surface area contributed by atoms with Crippen molar-refractivity contribution in [2.75, 3.05) is 11.9 Å². The number of nitrogens with one attached hydrogen (secondary N) is 2. The second-order valence-corrected chi connectivity index (χ2v) is 3.44. The third kappa shape index (κ3) is 3.46. The van der Waals surface area contributed by atoms with Gasteiger partial charge in [-0.05, 0) is 31.0 Å². The number of benzene rings is 1. The van der Waals surface area contributed by atoms with Gasteiger partial charge in [0.05, 0.1) is 0 Å². The number of rotatable bonds is 3. The molecule has 80 valence electrons. The maximum atomic E-state index is 11.4. The molecular weight excluding hydrogens is 188 g/mol. The summed E-state index contributed by atoms with van der Waals surface area (Å²) in [5, 5.41) is 5.45. The molecule has 0 atom stereocenters. The number of carbonyl (C=O) groups is 1. The molecule has 0 saturated carbocycles. The zero-order valence-electron chi connectivity index (χ0n) is 9.13. The maximum Gasteiger partial charge on any atom is 0.319 e. The van der Waals surface area contributed by atoms with E-state index >= 15 is 0 Å². The van der Waals surface area contributed by atoms with Gasteiger partial charge in [-0.1, -0.05) is 18.2 Å². The second kappa shape index (κ2) is 5.20. The average molecular weight is 204 g/mol. The van der Waals surface area contributed by atoms with Gasteiger partial charge in [0, 0.05) is 12.2 Å². The highest BCUT2D eigenvalue weighted by Gasteiger charge is 2.02. The molecule has 2 amide bonds. The van der Waals surface area contributed by atoms with Gasteiger partial charge in [-0.15, -0.1) is 6.58 Å². The van der Waals surface area contributed by atoms with Crippen LogP contribution in [0.1, 0.15) is 11.1 Å². The van der Waals surface area contributed by atoms with Crippen LogP contribution in [0.3, 0.4) is 0 Å². The molecule has 0 fully saturated rings. The highest BCUT2D eigenvalue weighted by atomic mass is 16.2. The quantitative estimate of drug-likeness (QED) is 0.730. The van der Waals surface area contributed by atoms with E-state index in [-0.39, 0.29) is 6.03 Å². The molecule has 3 nitrogen and oxygen atoms in total. The minimum absolute atomic E-state index is 0.205. The van der Waals surface area contributed by atoms with Crippen molar-refractivity contribution in [2.45, 2.75) is 13.8 Å². The van der Waals surface area contributed by atoms with Crippen LogP contribution in [0.15, 0.2) is 30.9 Å². The summed E-state index contributed by atoms with van der Waals surface area (Å²) in [6, 6.07) is 5.74. The van der Waals surface area contributed by atoms with Gasteiger partial charge in [-0.25, -0.2) is 4.79 Å². The number of hydrogen-bond donors (Lipinski definition) is 2. The van der Waals surface area contributed by atoms with Crippen molar-refractivity contribution >= 4 is 11.7 Å². The van der Waals surface area contributed by atoms with E-state index < -0.39 is 0 Å². The summed E-state index contributed by atoms with van der Waals surface area (Å²) in [5.74, 6) is 0. The molecule has 0 aromatic heterocycles. The standard InChI is InChI=1S/C12H16N2O/c1-4-7-13-12(15)14-11-8-9(2)5-6-10(11)3/h4-6,8H,1,7H2,2-3H3,(H2,13,14,15). The van der Waals surface area contributed by atoms with Gasteiger partial charge in [0.15, 0.2) is 0 Å². The lowest BCUT2D eigenvalue weighted by Gasteiger charge is -2.09. The Kier molecular flexibility index (Phi) is 3.92. The first-order chi connectivity index (χ1) is 7.13. The van der Waals surface area contributed by atoms with Crippen LogP contribution >= 0.6 is 0 Å². The van der Waals surface area contributed by atoms with Crippen molar-refractivity contribution in [1.29, 1.82) is 0 Å². The first-order valence-corrected chi connectivity index (χ1v) is 4.86. The summed E-state index contributed by atoms with van der Waals surface area (Å²) >= 11 is 0. The summed E-state index contributed by atoms with van der Waals surface area (Å²) in [4.78, 5) is 11.4. The van der Waals surface area contributed by atoms with Crippen molar-refractivity contribution in [3.8, 4) is 0 Å². The molecule has 0 aliphatic carbocycles. The predicted molar refractivity (Wildman–Crippen MR) is 63.1 cm³/mol. The average Bonchev–Trinajstić information content (AvgIpc) is 2.20. The fourth-order valence-electron chi connectivity index (χ4n) is 1.20. The zero-order chi connectivity index (χ0) is 11.3. The van der Waals surface area contributed by atoms with Crippen LogP contribution in [0.5, 0.6) is 0 Å². The van der Waals surface area contributed by atoms with Crippen molar-refractivity contribution in [2.24, 2.45) is 0 Å². The smallest absolute Gasteiger partial charge is 0.319 e. The number of aryl methyl sites for hydroxylation is 2. The van der Waals surface area contributed by atoms with Crippen molar-refractivity contribution in [3.63, 3.8) is 0 Å². The van der Waals surface area contributed by atoms with Crippen molar-refractivity contribution in [1.82, 2.24) is 5.32 Å². The molecule has 1 rings (SSSR count). The third-order valence-corrected chi connectivity index (χ3v) is 2.05. The summed E-state index contributed by atoms with van der Waals surface area (Å²) in [6.07, 6.45) is 1.64. The molecule has 0 spiro atoms. The summed E-state index contributed by atoms with van der Waals surface area (Å²) in [6.45, 7) is 7.95. The van der Waals surface area contributed by atoms with Crippen LogP contribution in [0.4, 0.5) is 10.5 Å². The Morgan fingerprint density at radius 2 is 2.20 bits per heavy atom. The third-order valence-electron chi connectivity index (χ3n) is 2.05. The summed E-state index contributed by atoms with van der Waals surface area (Å²) in [5.41, 5.74) is 3.02. The number of amides is 2.